The second-order valence-electron chi connectivity index (χ2n) is 5.87. The third-order valence-corrected chi connectivity index (χ3v) is 4.25. The van der Waals surface area contributed by atoms with E-state index in [1.165, 1.54) is 22.9 Å². The predicted molar refractivity (Wildman–Crippen MR) is 98.7 cm³/mol. The Labute approximate surface area is 145 Å². The van der Waals surface area contributed by atoms with Gasteiger partial charge < -0.3 is 24.7 Å². The second kappa shape index (κ2) is 5.62. The number of pyridine rings is 1. The molecule has 0 aliphatic heterocycles. The number of phenols is 1. The number of benzene rings is 2. The van der Waals surface area contributed by atoms with Crippen LogP contribution in [0.3, 0.4) is 0 Å². The van der Waals surface area contributed by atoms with Gasteiger partial charge in [-0.3, -0.25) is 9.79 Å². The minimum atomic E-state index is -0.416. The van der Waals surface area contributed by atoms with Gasteiger partial charge in [0, 0.05) is 24.7 Å². The van der Waals surface area contributed by atoms with Crippen LogP contribution >= 0.6 is 0 Å². The smallest absolute Gasteiger partial charge is 0.323 e. The quantitative estimate of drug-likeness (QED) is 0.412. The van der Waals surface area contributed by atoms with Gasteiger partial charge in [-0.25, -0.2) is 4.79 Å². The maximum Gasteiger partial charge on any atom is 0.323 e. The van der Waals surface area contributed by atoms with Crippen LogP contribution in [-0.4, -0.2) is 31.0 Å². The minimum Gasteiger partial charge on any atom is -0.506 e. The molecular formula is C18H14N4O4. The average molecular weight is 350 g/mol. The summed E-state index contributed by atoms with van der Waals surface area (Å²) in [4.78, 5) is 33.1. The molecule has 8 heteroatoms. The number of aromatic amines is 2. The minimum absolute atomic E-state index is 0.00765. The molecule has 4 aromatic rings. The highest BCUT2D eigenvalue weighted by atomic mass is 16.3. The highest BCUT2D eigenvalue weighted by Crippen LogP contribution is 2.30. The van der Waals surface area contributed by atoms with Gasteiger partial charge in [-0.1, -0.05) is 12.1 Å². The molecule has 0 saturated heterocycles. The zero-order chi connectivity index (χ0) is 18.4. The number of aromatic hydroxyl groups is 2. The lowest BCUT2D eigenvalue weighted by atomic mass is 10.1. The summed E-state index contributed by atoms with van der Waals surface area (Å²) in [6, 6.07) is 9.81. The van der Waals surface area contributed by atoms with E-state index in [2.05, 4.69) is 15.0 Å². The molecule has 2 heterocycles. The first kappa shape index (κ1) is 15.7. The average Bonchev–Trinajstić information content (AvgIpc) is 2.98. The molecule has 8 nitrogen and oxygen atoms in total. The van der Waals surface area contributed by atoms with Gasteiger partial charge in [-0.2, -0.15) is 0 Å². The molecule has 0 fully saturated rings. The molecule has 0 radical (unpaired) electrons. The fourth-order valence-corrected chi connectivity index (χ4v) is 2.92. The molecule has 0 aliphatic rings. The van der Waals surface area contributed by atoms with Crippen molar-refractivity contribution in [2.75, 3.05) is 0 Å². The number of aryl methyl sites for hydroxylation is 1. The number of nitrogens with one attached hydrogen (secondary N) is 2. The van der Waals surface area contributed by atoms with E-state index in [0.717, 1.165) is 0 Å². The van der Waals surface area contributed by atoms with Crippen molar-refractivity contribution in [1.29, 1.82) is 0 Å². The van der Waals surface area contributed by atoms with Crippen molar-refractivity contribution in [3.63, 3.8) is 0 Å². The maximum atomic E-state index is 12.5. The van der Waals surface area contributed by atoms with Gasteiger partial charge in [0.25, 0.3) is 5.56 Å². The predicted octanol–water partition coefficient (Wildman–Crippen LogP) is 1.87. The van der Waals surface area contributed by atoms with E-state index in [1.54, 1.807) is 31.3 Å². The third-order valence-electron chi connectivity index (χ3n) is 4.25. The summed E-state index contributed by atoms with van der Waals surface area (Å²) in [5.41, 5.74) is 0.852. The van der Waals surface area contributed by atoms with Crippen LogP contribution in [0.4, 0.5) is 5.69 Å². The third kappa shape index (κ3) is 2.35. The Hall–Kier alpha value is -3.81. The lowest BCUT2D eigenvalue weighted by Crippen LogP contribution is -2.21. The van der Waals surface area contributed by atoms with Gasteiger partial charge in [-0.15, -0.1) is 0 Å². The van der Waals surface area contributed by atoms with Crippen molar-refractivity contribution >= 4 is 33.8 Å². The van der Waals surface area contributed by atoms with Crippen LogP contribution < -0.4 is 11.2 Å². The zero-order valence-corrected chi connectivity index (χ0v) is 13.6. The molecule has 0 amide bonds. The normalized spacial score (nSPS) is 11.7. The molecule has 0 saturated carbocycles. The highest BCUT2D eigenvalue weighted by molar-refractivity contribution is 5.96. The Bertz CT molecular complexity index is 1310. The number of hydrogen-bond donors (Lipinski definition) is 4. The number of rotatable bonds is 2. The van der Waals surface area contributed by atoms with E-state index in [9.17, 15) is 19.8 Å². The van der Waals surface area contributed by atoms with Crippen LogP contribution in [0.15, 0.2) is 51.0 Å². The Kier molecular flexibility index (Phi) is 3.40. The van der Waals surface area contributed by atoms with Crippen molar-refractivity contribution in [2.24, 2.45) is 12.0 Å². The first-order valence-electron chi connectivity index (χ1n) is 7.75. The SMILES string of the molecule is Cn1c(=O)c(C=Nc2cc3[nH]c(=O)[nH]c3cc2O)c(O)c2ccccc21. The lowest BCUT2D eigenvalue weighted by molar-refractivity contribution is 0.476. The standard InChI is InChI=1S/C18H14N4O4/c1-22-14-5-3-2-4-9(14)16(24)10(17(22)25)8-19-13-6-11-12(7-15(13)23)21-18(26)20-11/h2-8,23-24H,1H3,(H2,20,21,26). The molecule has 0 bridgehead atoms. The van der Waals surface area contributed by atoms with Crippen molar-refractivity contribution in [2.45, 2.75) is 0 Å². The van der Waals surface area contributed by atoms with Crippen LogP contribution in [0, 0.1) is 0 Å². The molecule has 2 aromatic carbocycles. The summed E-state index contributed by atoms with van der Waals surface area (Å²) in [7, 11) is 1.61. The molecule has 0 spiro atoms. The van der Waals surface area contributed by atoms with Crippen molar-refractivity contribution < 1.29 is 10.2 Å². The van der Waals surface area contributed by atoms with Gasteiger partial charge in [0.05, 0.1) is 16.6 Å². The Morgan fingerprint density at radius 1 is 1.08 bits per heavy atom. The van der Waals surface area contributed by atoms with Gasteiger partial charge in [-0.05, 0) is 18.2 Å². The summed E-state index contributed by atoms with van der Waals surface area (Å²) >= 11 is 0. The lowest BCUT2D eigenvalue weighted by Gasteiger charge is -2.09. The fourth-order valence-electron chi connectivity index (χ4n) is 2.92. The molecule has 0 aliphatic carbocycles. The number of hydrogen-bond acceptors (Lipinski definition) is 5. The van der Waals surface area contributed by atoms with Crippen molar-refractivity contribution in [1.82, 2.24) is 14.5 Å². The molecule has 130 valence electrons. The zero-order valence-electron chi connectivity index (χ0n) is 13.6. The van der Waals surface area contributed by atoms with Crippen molar-refractivity contribution in [3.05, 3.63) is 62.8 Å². The van der Waals surface area contributed by atoms with E-state index < -0.39 is 11.2 Å². The Morgan fingerprint density at radius 3 is 2.54 bits per heavy atom. The largest absolute Gasteiger partial charge is 0.506 e. The number of H-pyrrole nitrogens is 2. The molecular weight excluding hydrogens is 336 g/mol. The van der Waals surface area contributed by atoms with E-state index in [4.69, 9.17) is 0 Å². The van der Waals surface area contributed by atoms with Crippen molar-refractivity contribution in [3.8, 4) is 11.5 Å². The number of phenolic OH excluding ortho intramolecular Hbond substituents is 1. The maximum absolute atomic E-state index is 12.5. The first-order chi connectivity index (χ1) is 12.5. The molecule has 0 unspecified atom stereocenters. The summed E-state index contributed by atoms with van der Waals surface area (Å²) in [5, 5.41) is 21.0. The first-order valence-corrected chi connectivity index (χ1v) is 7.75. The number of imidazole rings is 1. The van der Waals surface area contributed by atoms with E-state index in [0.29, 0.717) is 21.9 Å². The van der Waals surface area contributed by atoms with Gasteiger partial charge in [0.15, 0.2) is 0 Å². The molecule has 2 aromatic heterocycles. The monoisotopic (exact) mass is 350 g/mol. The van der Waals surface area contributed by atoms with E-state index in [1.807, 2.05) is 0 Å². The Morgan fingerprint density at radius 2 is 1.77 bits per heavy atom. The molecule has 4 N–H and O–H groups in total. The molecule has 0 atom stereocenters. The number of nitrogens with zero attached hydrogens (tertiary/aromatic N) is 2. The summed E-state index contributed by atoms with van der Waals surface area (Å²) < 4.78 is 1.42. The van der Waals surface area contributed by atoms with Crippen LogP contribution in [0.25, 0.3) is 21.9 Å². The van der Waals surface area contributed by atoms with Crippen LogP contribution in [-0.2, 0) is 7.05 Å². The van der Waals surface area contributed by atoms with E-state index in [-0.39, 0.29) is 22.7 Å². The van der Waals surface area contributed by atoms with Crippen LogP contribution in [0.2, 0.25) is 0 Å². The van der Waals surface area contributed by atoms with E-state index >= 15 is 0 Å². The number of aliphatic imine (C=N–C) groups is 1. The van der Waals surface area contributed by atoms with Gasteiger partial charge >= 0.3 is 5.69 Å². The summed E-state index contributed by atoms with van der Waals surface area (Å²) in [5.74, 6) is -0.343. The number of aromatic nitrogens is 3. The van der Waals surface area contributed by atoms with Gasteiger partial charge in [0.1, 0.15) is 22.7 Å². The molecule has 4 rings (SSSR count). The number of fused-ring (bicyclic) bond motifs is 2. The summed E-state index contributed by atoms with van der Waals surface area (Å²) in [6.07, 6.45) is 1.20. The highest BCUT2D eigenvalue weighted by Gasteiger charge is 2.13. The Balaban J connectivity index is 1.88. The van der Waals surface area contributed by atoms with Crippen LogP contribution in [0.5, 0.6) is 11.5 Å². The fraction of sp³-hybridized carbons (Fsp3) is 0.0556. The van der Waals surface area contributed by atoms with Gasteiger partial charge in [0.2, 0.25) is 0 Å². The second-order valence-corrected chi connectivity index (χ2v) is 5.87. The topological polar surface area (TPSA) is 123 Å². The number of para-hydroxylation sites is 1. The molecule has 26 heavy (non-hydrogen) atoms. The van der Waals surface area contributed by atoms with Crippen LogP contribution in [0.1, 0.15) is 5.56 Å². The summed E-state index contributed by atoms with van der Waals surface area (Å²) in [6.45, 7) is 0.